The van der Waals surface area contributed by atoms with Gasteiger partial charge in [0.15, 0.2) is 0 Å². The van der Waals surface area contributed by atoms with Gasteiger partial charge in [0, 0.05) is 28.7 Å². The molecule has 0 atom stereocenters. The fourth-order valence-corrected chi connectivity index (χ4v) is 3.58. The summed E-state index contributed by atoms with van der Waals surface area (Å²) in [6.07, 6.45) is -2.38. The van der Waals surface area contributed by atoms with Gasteiger partial charge < -0.3 is 4.79 Å². The average molecular weight is 452 g/mol. The van der Waals surface area contributed by atoms with E-state index in [1.807, 2.05) is 0 Å². The molecular formula is C20H22ClF4NO2S. The molecule has 0 N–H and O–H groups in total. The van der Waals surface area contributed by atoms with E-state index in [1.165, 1.54) is 31.7 Å². The van der Waals surface area contributed by atoms with Gasteiger partial charge in [0.05, 0.1) is 10.7 Å². The Morgan fingerprint density at radius 3 is 2.34 bits per heavy atom. The number of benzene rings is 1. The minimum absolute atomic E-state index is 0.0554. The normalized spacial score (nSPS) is 12.1. The van der Waals surface area contributed by atoms with Gasteiger partial charge >= 0.3 is 6.18 Å². The van der Waals surface area contributed by atoms with Gasteiger partial charge in [-0.2, -0.15) is 13.2 Å². The molecule has 1 aromatic rings. The highest BCUT2D eigenvalue weighted by molar-refractivity contribution is 7.99. The smallest absolute Gasteiger partial charge is 0.300 e. The summed E-state index contributed by atoms with van der Waals surface area (Å²) in [4.78, 5) is 24.6. The molecule has 0 spiro atoms. The Bertz CT molecular complexity index is 821. The van der Waals surface area contributed by atoms with E-state index in [9.17, 15) is 27.2 Å². The van der Waals surface area contributed by atoms with Crippen LogP contribution in [0, 0.1) is 5.82 Å². The van der Waals surface area contributed by atoms with E-state index >= 15 is 0 Å². The summed E-state index contributed by atoms with van der Waals surface area (Å²) < 4.78 is 52.7. The molecule has 0 aliphatic heterocycles. The molecule has 0 fully saturated rings. The Kier molecular flexibility index (Phi) is 9.42. The van der Waals surface area contributed by atoms with E-state index in [2.05, 4.69) is 6.58 Å². The number of carbonyl (C=O) groups is 2. The predicted octanol–water partition coefficient (Wildman–Crippen LogP) is 6.71. The maximum Gasteiger partial charge on any atom is 0.412 e. The van der Waals surface area contributed by atoms with Crippen LogP contribution in [0.2, 0.25) is 5.02 Å². The van der Waals surface area contributed by atoms with Gasteiger partial charge in [-0.1, -0.05) is 18.2 Å². The monoisotopic (exact) mass is 451 g/mol. The molecule has 0 saturated carbocycles. The molecule has 29 heavy (non-hydrogen) atoms. The highest BCUT2D eigenvalue weighted by Gasteiger charge is 2.32. The molecule has 0 aromatic heterocycles. The van der Waals surface area contributed by atoms with Crippen molar-refractivity contribution in [2.75, 3.05) is 10.7 Å². The van der Waals surface area contributed by atoms with Crippen LogP contribution >= 0.6 is 23.4 Å². The molecule has 9 heteroatoms. The zero-order valence-electron chi connectivity index (χ0n) is 16.3. The van der Waals surface area contributed by atoms with Crippen LogP contribution in [-0.2, 0) is 9.59 Å². The Morgan fingerprint density at radius 1 is 1.21 bits per heavy atom. The van der Waals surface area contributed by atoms with Crippen LogP contribution in [0.5, 0.6) is 0 Å². The van der Waals surface area contributed by atoms with Crippen LogP contribution in [0.3, 0.4) is 0 Å². The highest BCUT2D eigenvalue weighted by atomic mass is 35.5. The van der Waals surface area contributed by atoms with Gasteiger partial charge in [0.25, 0.3) is 5.91 Å². The minimum atomic E-state index is -4.67. The van der Waals surface area contributed by atoms with Crippen LogP contribution in [0.25, 0.3) is 0 Å². The van der Waals surface area contributed by atoms with Crippen molar-refractivity contribution in [1.82, 2.24) is 0 Å². The van der Waals surface area contributed by atoms with Crippen molar-refractivity contribution >= 4 is 40.7 Å². The first-order valence-electron chi connectivity index (χ1n) is 8.71. The third-order valence-corrected chi connectivity index (χ3v) is 5.38. The number of allylic oxidation sites excluding steroid dienone is 2. The number of Topliss-reactive ketones (excluding diaryl/α,β-unsaturated/α-hetero) is 1. The van der Waals surface area contributed by atoms with Crippen LogP contribution in [0.15, 0.2) is 41.0 Å². The van der Waals surface area contributed by atoms with Crippen LogP contribution in [0.4, 0.5) is 23.2 Å². The fraction of sp³-hybridized carbons (Fsp3) is 0.400. The van der Waals surface area contributed by atoms with Crippen molar-refractivity contribution in [3.05, 3.63) is 46.9 Å². The number of carbonyl (C=O) groups excluding carboxylic acids is 2. The highest BCUT2D eigenvalue weighted by Crippen LogP contribution is 2.35. The number of alkyl halides is 3. The molecule has 0 bridgehead atoms. The number of hydrogen-bond donors (Lipinski definition) is 0. The quantitative estimate of drug-likeness (QED) is 0.181. The molecule has 0 heterocycles. The lowest BCUT2D eigenvalue weighted by molar-refractivity contribution is -0.117. The Labute approximate surface area is 176 Å². The van der Waals surface area contributed by atoms with E-state index in [0.29, 0.717) is 29.6 Å². The zero-order chi connectivity index (χ0) is 22.4. The van der Waals surface area contributed by atoms with Crippen molar-refractivity contribution in [3.63, 3.8) is 0 Å². The van der Waals surface area contributed by atoms with Crippen LogP contribution in [-0.4, -0.2) is 23.6 Å². The second kappa shape index (κ2) is 10.8. The van der Waals surface area contributed by atoms with Gasteiger partial charge in [0.1, 0.15) is 11.6 Å². The summed E-state index contributed by atoms with van der Waals surface area (Å²) in [6.45, 7) is 7.23. The largest absolute Gasteiger partial charge is 0.412 e. The lowest BCUT2D eigenvalue weighted by Crippen LogP contribution is -2.29. The molecule has 0 radical (unpaired) electrons. The van der Waals surface area contributed by atoms with Crippen molar-refractivity contribution in [3.8, 4) is 0 Å². The van der Waals surface area contributed by atoms with Gasteiger partial charge in [-0.15, -0.1) is 11.8 Å². The maximum atomic E-state index is 14.5. The lowest BCUT2D eigenvalue weighted by atomic mass is 10.2. The molecule has 0 aliphatic rings. The average Bonchev–Trinajstić information content (AvgIpc) is 2.56. The molecule has 0 unspecified atom stereocenters. The molecule has 3 nitrogen and oxygen atoms in total. The van der Waals surface area contributed by atoms with Crippen molar-refractivity contribution in [2.24, 2.45) is 0 Å². The summed E-state index contributed by atoms with van der Waals surface area (Å²) in [7, 11) is 0. The first-order chi connectivity index (χ1) is 13.3. The summed E-state index contributed by atoms with van der Waals surface area (Å²) >= 11 is 7.38. The lowest BCUT2D eigenvalue weighted by Gasteiger charge is -2.23. The number of ketones is 1. The molecule has 1 rings (SSSR count). The summed E-state index contributed by atoms with van der Waals surface area (Å²) in [6, 6.07) is 2.33. The Morgan fingerprint density at radius 2 is 1.83 bits per heavy atom. The third kappa shape index (κ3) is 7.85. The topological polar surface area (TPSA) is 37.4 Å². The number of anilines is 1. The van der Waals surface area contributed by atoms with E-state index in [1.54, 1.807) is 0 Å². The number of hydrogen-bond acceptors (Lipinski definition) is 3. The summed E-state index contributed by atoms with van der Waals surface area (Å²) in [5, 5.41) is 0.124. The van der Waals surface area contributed by atoms with Crippen molar-refractivity contribution < 1.29 is 27.2 Å². The Hall–Kier alpha value is -1.80. The van der Waals surface area contributed by atoms with E-state index in [-0.39, 0.29) is 22.2 Å². The SMILES string of the molecule is C=C(C)N(C(=O)/C=C(\C)C(F)(F)F)c1cc(SCCCCC(C)=O)c(Cl)cc1F. The number of amides is 1. The Balaban J connectivity index is 3.13. The van der Waals surface area contributed by atoms with Crippen molar-refractivity contribution in [1.29, 1.82) is 0 Å². The van der Waals surface area contributed by atoms with Crippen molar-refractivity contribution in [2.45, 2.75) is 51.1 Å². The van der Waals surface area contributed by atoms with Gasteiger partial charge in [-0.05, 0) is 51.5 Å². The van der Waals surface area contributed by atoms with Gasteiger partial charge in [-0.25, -0.2) is 4.39 Å². The predicted molar refractivity (Wildman–Crippen MR) is 109 cm³/mol. The second-order valence-electron chi connectivity index (χ2n) is 6.48. The minimum Gasteiger partial charge on any atom is -0.300 e. The first-order valence-corrected chi connectivity index (χ1v) is 10.1. The number of rotatable bonds is 9. The van der Waals surface area contributed by atoms with E-state index in [4.69, 9.17) is 11.6 Å². The molecular weight excluding hydrogens is 430 g/mol. The number of unbranched alkanes of at least 4 members (excludes halogenated alkanes) is 1. The number of nitrogens with zero attached hydrogens (tertiary/aromatic N) is 1. The fourth-order valence-electron chi connectivity index (χ4n) is 2.30. The molecule has 0 aliphatic carbocycles. The zero-order valence-corrected chi connectivity index (χ0v) is 17.9. The molecule has 160 valence electrons. The van der Waals surface area contributed by atoms with Crippen LogP contribution in [0.1, 0.15) is 40.0 Å². The summed E-state index contributed by atoms with van der Waals surface area (Å²) in [5.74, 6) is -1.22. The van der Waals surface area contributed by atoms with Gasteiger partial charge in [0.2, 0.25) is 0 Å². The molecule has 1 aromatic carbocycles. The first kappa shape index (κ1) is 25.2. The second-order valence-corrected chi connectivity index (χ2v) is 8.02. The maximum absolute atomic E-state index is 14.5. The summed E-state index contributed by atoms with van der Waals surface area (Å²) in [5.41, 5.74) is -1.28. The number of halogens is 5. The van der Waals surface area contributed by atoms with E-state index < -0.39 is 23.5 Å². The van der Waals surface area contributed by atoms with E-state index in [0.717, 1.165) is 24.3 Å². The van der Waals surface area contributed by atoms with Gasteiger partial charge in [-0.3, -0.25) is 9.69 Å². The third-order valence-electron chi connectivity index (χ3n) is 3.81. The molecule has 0 saturated heterocycles. The molecule has 1 amide bonds. The number of thioether (sulfide) groups is 1. The van der Waals surface area contributed by atoms with Crippen LogP contribution < -0.4 is 4.90 Å². The standard InChI is InChI=1S/C20H22ClF4NO2S/c1-12(2)26(19(28)9-13(3)20(23,24)25)17-11-18(15(21)10-16(17)22)29-8-6-5-7-14(4)27/h9-11H,1,5-8H2,2-4H3/b13-9+.